The average molecular weight is 348 g/mol. The summed E-state index contributed by atoms with van der Waals surface area (Å²) >= 11 is 0. The molecule has 0 aromatic heterocycles. The fourth-order valence-corrected chi connectivity index (χ4v) is 3.45. The van der Waals surface area contributed by atoms with Crippen molar-refractivity contribution in [2.75, 3.05) is 26.7 Å². The number of carbonyl (C=O) groups excluding carboxylic acids is 1. The zero-order chi connectivity index (χ0) is 18.2. The Labute approximate surface area is 156 Å². The number of hydrogen-bond donors (Lipinski definition) is 1. The smallest absolute Gasteiger partial charge is 0.251 e. The first-order valence-corrected chi connectivity index (χ1v) is 9.51. The average Bonchev–Trinajstić information content (AvgIpc) is 2.69. The van der Waals surface area contributed by atoms with E-state index in [4.69, 9.17) is 0 Å². The minimum Gasteiger partial charge on any atom is -0.352 e. The van der Waals surface area contributed by atoms with Crippen LogP contribution in [-0.2, 0) is 4.79 Å². The number of nitrogens with one attached hydrogen (secondary N) is 1. The predicted molar refractivity (Wildman–Crippen MR) is 109 cm³/mol. The van der Waals surface area contributed by atoms with Crippen LogP contribution >= 0.6 is 0 Å². The van der Waals surface area contributed by atoms with Crippen LogP contribution in [0.25, 0.3) is 11.6 Å². The Hall–Kier alpha value is -2.39. The van der Waals surface area contributed by atoms with Crippen LogP contribution in [0, 0.1) is 5.92 Å². The number of rotatable bonds is 6. The maximum Gasteiger partial charge on any atom is 0.251 e. The fourth-order valence-electron chi connectivity index (χ4n) is 3.45. The first-order chi connectivity index (χ1) is 12.7. The molecule has 0 atom stereocenters. The Bertz CT molecular complexity index is 716. The van der Waals surface area contributed by atoms with Crippen molar-refractivity contribution in [1.82, 2.24) is 10.2 Å². The third-order valence-corrected chi connectivity index (χ3v) is 5.12. The van der Waals surface area contributed by atoms with E-state index in [1.807, 2.05) is 66.7 Å². The molecule has 0 unspecified atom stereocenters. The van der Waals surface area contributed by atoms with Crippen molar-refractivity contribution >= 4 is 17.6 Å². The zero-order valence-electron chi connectivity index (χ0n) is 15.5. The minimum absolute atomic E-state index is 0.00739. The molecule has 1 saturated heterocycles. The molecule has 26 heavy (non-hydrogen) atoms. The van der Waals surface area contributed by atoms with E-state index in [9.17, 15) is 4.79 Å². The molecule has 3 heteroatoms. The van der Waals surface area contributed by atoms with Gasteiger partial charge in [0.15, 0.2) is 0 Å². The maximum absolute atomic E-state index is 12.9. The van der Waals surface area contributed by atoms with Gasteiger partial charge in [-0.25, -0.2) is 0 Å². The van der Waals surface area contributed by atoms with Crippen LogP contribution in [-0.4, -0.2) is 37.5 Å². The van der Waals surface area contributed by atoms with Crippen LogP contribution in [0.2, 0.25) is 0 Å². The highest BCUT2D eigenvalue weighted by Crippen LogP contribution is 2.20. The van der Waals surface area contributed by atoms with Crippen LogP contribution in [0.4, 0.5) is 0 Å². The SMILES string of the molecule is CN1CCC(CCNC(=O)/C(=C/c2ccccc2)c2ccccc2)CC1. The van der Waals surface area contributed by atoms with Crippen LogP contribution in [0.3, 0.4) is 0 Å². The first kappa shape index (κ1) is 18.4. The molecule has 1 fully saturated rings. The molecule has 3 rings (SSSR count). The van der Waals surface area contributed by atoms with Crippen molar-refractivity contribution in [3.05, 3.63) is 71.8 Å². The molecule has 0 saturated carbocycles. The van der Waals surface area contributed by atoms with Crippen LogP contribution in [0.5, 0.6) is 0 Å². The van der Waals surface area contributed by atoms with E-state index < -0.39 is 0 Å². The first-order valence-electron chi connectivity index (χ1n) is 9.51. The van der Waals surface area contributed by atoms with E-state index in [0.717, 1.165) is 35.6 Å². The Morgan fingerprint density at radius 2 is 1.65 bits per heavy atom. The summed E-state index contributed by atoms with van der Waals surface area (Å²) in [6, 6.07) is 19.9. The van der Waals surface area contributed by atoms with E-state index in [0.29, 0.717) is 0 Å². The lowest BCUT2D eigenvalue weighted by atomic mass is 9.94. The van der Waals surface area contributed by atoms with Gasteiger partial charge >= 0.3 is 0 Å². The molecule has 1 N–H and O–H groups in total. The van der Waals surface area contributed by atoms with Gasteiger partial charge in [0.25, 0.3) is 5.91 Å². The molecule has 136 valence electrons. The molecule has 1 amide bonds. The Morgan fingerprint density at radius 3 is 2.31 bits per heavy atom. The molecule has 0 spiro atoms. The van der Waals surface area contributed by atoms with Gasteiger partial charge in [-0.05, 0) is 62.5 Å². The molecule has 2 aromatic rings. The summed E-state index contributed by atoms with van der Waals surface area (Å²) in [7, 11) is 2.18. The topological polar surface area (TPSA) is 32.3 Å². The molecular formula is C23H28N2O. The predicted octanol–water partition coefficient (Wildman–Crippen LogP) is 4.08. The minimum atomic E-state index is 0.00739. The summed E-state index contributed by atoms with van der Waals surface area (Å²) < 4.78 is 0. The van der Waals surface area contributed by atoms with E-state index in [1.165, 1.54) is 25.9 Å². The van der Waals surface area contributed by atoms with Crippen molar-refractivity contribution < 1.29 is 4.79 Å². The standard InChI is InChI=1S/C23H28N2O/c1-25-16-13-19(14-17-25)12-15-24-23(26)22(21-10-6-3-7-11-21)18-20-8-4-2-5-9-20/h2-11,18-19H,12-17H2,1H3,(H,24,26)/b22-18+. The second-order valence-electron chi connectivity index (χ2n) is 7.13. The number of hydrogen-bond acceptors (Lipinski definition) is 2. The van der Waals surface area contributed by atoms with Crippen LogP contribution in [0.1, 0.15) is 30.4 Å². The molecule has 0 bridgehead atoms. The lowest BCUT2D eigenvalue weighted by Gasteiger charge is -2.28. The Morgan fingerprint density at radius 1 is 1.04 bits per heavy atom. The monoisotopic (exact) mass is 348 g/mol. The van der Waals surface area contributed by atoms with Gasteiger partial charge in [-0.2, -0.15) is 0 Å². The number of amides is 1. The quantitative estimate of drug-likeness (QED) is 0.630. The Balaban J connectivity index is 1.65. The van der Waals surface area contributed by atoms with Gasteiger partial charge in [-0.1, -0.05) is 60.7 Å². The highest BCUT2D eigenvalue weighted by molar-refractivity contribution is 6.24. The third kappa shape index (κ3) is 5.30. The lowest BCUT2D eigenvalue weighted by molar-refractivity contribution is -0.115. The summed E-state index contributed by atoms with van der Waals surface area (Å²) in [5, 5.41) is 3.14. The summed E-state index contributed by atoms with van der Waals surface area (Å²) in [5.74, 6) is 0.734. The normalized spacial score (nSPS) is 16.4. The highest BCUT2D eigenvalue weighted by Gasteiger charge is 2.17. The van der Waals surface area contributed by atoms with Crippen molar-refractivity contribution in [2.45, 2.75) is 19.3 Å². The van der Waals surface area contributed by atoms with E-state index >= 15 is 0 Å². The van der Waals surface area contributed by atoms with Gasteiger partial charge < -0.3 is 10.2 Å². The summed E-state index contributed by atoms with van der Waals surface area (Å²) in [5.41, 5.74) is 2.71. The van der Waals surface area contributed by atoms with Crippen molar-refractivity contribution in [2.24, 2.45) is 5.92 Å². The van der Waals surface area contributed by atoms with Gasteiger partial charge in [-0.15, -0.1) is 0 Å². The van der Waals surface area contributed by atoms with Gasteiger partial charge in [0.1, 0.15) is 0 Å². The van der Waals surface area contributed by atoms with E-state index in [1.54, 1.807) is 0 Å². The summed E-state index contributed by atoms with van der Waals surface area (Å²) in [6.45, 7) is 3.08. The van der Waals surface area contributed by atoms with Gasteiger partial charge in [0.2, 0.25) is 0 Å². The molecule has 1 heterocycles. The van der Waals surface area contributed by atoms with Crippen molar-refractivity contribution in [3.63, 3.8) is 0 Å². The second-order valence-corrected chi connectivity index (χ2v) is 7.13. The molecular weight excluding hydrogens is 320 g/mol. The highest BCUT2D eigenvalue weighted by atomic mass is 16.1. The summed E-state index contributed by atoms with van der Waals surface area (Å²) in [6.07, 6.45) is 5.50. The molecule has 0 aliphatic carbocycles. The number of likely N-dealkylation sites (tertiary alicyclic amines) is 1. The fraction of sp³-hybridized carbons (Fsp3) is 0.348. The maximum atomic E-state index is 12.9. The molecule has 2 aromatic carbocycles. The van der Waals surface area contributed by atoms with Gasteiger partial charge in [0.05, 0.1) is 0 Å². The molecule has 1 aliphatic rings. The van der Waals surface area contributed by atoms with Gasteiger partial charge in [0, 0.05) is 12.1 Å². The third-order valence-electron chi connectivity index (χ3n) is 5.12. The van der Waals surface area contributed by atoms with Crippen LogP contribution < -0.4 is 5.32 Å². The number of piperidine rings is 1. The zero-order valence-corrected chi connectivity index (χ0v) is 15.5. The molecule has 3 nitrogen and oxygen atoms in total. The van der Waals surface area contributed by atoms with Crippen molar-refractivity contribution in [1.29, 1.82) is 0 Å². The van der Waals surface area contributed by atoms with E-state index in [2.05, 4.69) is 17.3 Å². The summed E-state index contributed by atoms with van der Waals surface area (Å²) in [4.78, 5) is 15.2. The van der Waals surface area contributed by atoms with E-state index in [-0.39, 0.29) is 5.91 Å². The number of nitrogens with zero attached hydrogens (tertiary/aromatic N) is 1. The van der Waals surface area contributed by atoms with Crippen molar-refractivity contribution in [3.8, 4) is 0 Å². The molecule has 1 aliphatic heterocycles. The number of benzene rings is 2. The van der Waals surface area contributed by atoms with Gasteiger partial charge in [-0.3, -0.25) is 4.79 Å². The Kier molecular flexibility index (Phi) is 6.62. The largest absolute Gasteiger partial charge is 0.352 e. The number of carbonyl (C=O) groups is 1. The second kappa shape index (κ2) is 9.35. The van der Waals surface area contributed by atoms with Crippen LogP contribution in [0.15, 0.2) is 60.7 Å². The lowest BCUT2D eigenvalue weighted by Crippen LogP contribution is -2.33. The molecule has 0 radical (unpaired) electrons.